The molecule has 0 bridgehead atoms. The highest BCUT2D eigenvalue weighted by molar-refractivity contribution is 9.10. The summed E-state index contributed by atoms with van der Waals surface area (Å²) in [6, 6.07) is 4.18. The van der Waals surface area contributed by atoms with Gasteiger partial charge in [0, 0.05) is 17.6 Å². The molecule has 1 aliphatic rings. The van der Waals surface area contributed by atoms with Gasteiger partial charge in [-0.3, -0.25) is 0 Å². The van der Waals surface area contributed by atoms with Crippen LogP contribution < -0.4 is 4.74 Å². The van der Waals surface area contributed by atoms with Gasteiger partial charge in [-0.25, -0.2) is 9.78 Å². The molecule has 0 radical (unpaired) electrons. The molecule has 0 spiro atoms. The van der Waals surface area contributed by atoms with Crippen molar-refractivity contribution in [1.82, 2.24) is 14.5 Å². The molecule has 2 aromatic heterocycles. The van der Waals surface area contributed by atoms with Crippen LogP contribution in [0.5, 0.6) is 5.75 Å². The minimum absolute atomic E-state index is 0.117. The Kier molecular flexibility index (Phi) is 4.70. The Bertz CT molecular complexity index is 810. The van der Waals surface area contributed by atoms with Crippen molar-refractivity contribution in [1.29, 1.82) is 0 Å². The smallest absolute Gasteiger partial charge is 0.410 e. The van der Waals surface area contributed by atoms with Crippen LogP contribution in [0.3, 0.4) is 0 Å². The van der Waals surface area contributed by atoms with Gasteiger partial charge in [0.25, 0.3) is 0 Å². The van der Waals surface area contributed by atoms with Crippen molar-refractivity contribution in [2.75, 3.05) is 13.2 Å². The average Bonchev–Trinajstić information content (AvgIpc) is 2.84. The van der Waals surface area contributed by atoms with E-state index in [9.17, 15) is 4.79 Å². The molecule has 0 aliphatic carbocycles. The highest BCUT2D eigenvalue weighted by Gasteiger charge is 2.30. The van der Waals surface area contributed by atoms with Gasteiger partial charge in [0.05, 0.1) is 19.2 Å². The van der Waals surface area contributed by atoms with Gasteiger partial charge in [0.15, 0.2) is 5.75 Å². The van der Waals surface area contributed by atoms with Crippen molar-refractivity contribution in [2.45, 2.75) is 52.8 Å². The fourth-order valence-electron chi connectivity index (χ4n) is 3.16. The van der Waals surface area contributed by atoms with Gasteiger partial charge >= 0.3 is 6.09 Å². The Morgan fingerprint density at radius 1 is 1.40 bits per heavy atom. The molecule has 0 fully saturated rings. The standard InChI is InChI=1S/C18H24BrN3O3/c1-6-24-14-8-12-7-13-10-21(17(23)25-18(3,4)5)9-11(2)22(13)16(12)20-15(14)19/h7-8,11H,6,9-10H2,1-5H3. The summed E-state index contributed by atoms with van der Waals surface area (Å²) in [6.45, 7) is 11.4. The molecular formula is C18H24BrN3O3. The summed E-state index contributed by atoms with van der Waals surface area (Å²) in [5.41, 5.74) is 1.46. The van der Waals surface area contributed by atoms with Crippen LogP contribution in [-0.4, -0.2) is 39.3 Å². The van der Waals surface area contributed by atoms with E-state index in [0.29, 0.717) is 24.3 Å². The van der Waals surface area contributed by atoms with E-state index < -0.39 is 5.60 Å². The maximum absolute atomic E-state index is 12.4. The van der Waals surface area contributed by atoms with E-state index >= 15 is 0 Å². The van der Waals surface area contributed by atoms with E-state index in [2.05, 4.69) is 38.5 Å². The molecule has 3 heterocycles. The van der Waals surface area contributed by atoms with Crippen LogP contribution >= 0.6 is 15.9 Å². The second-order valence-electron chi connectivity index (χ2n) is 7.34. The molecule has 1 atom stereocenters. The number of fused-ring (bicyclic) bond motifs is 3. The van der Waals surface area contributed by atoms with Crippen LogP contribution in [0.2, 0.25) is 0 Å². The Morgan fingerprint density at radius 3 is 2.76 bits per heavy atom. The van der Waals surface area contributed by atoms with Gasteiger partial charge in [-0.2, -0.15) is 0 Å². The number of carbonyl (C=O) groups is 1. The Labute approximate surface area is 156 Å². The Balaban J connectivity index is 1.95. The third-order valence-corrected chi connectivity index (χ3v) is 4.61. The van der Waals surface area contributed by atoms with Gasteiger partial charge in [-0.15, -0.1) is 0 Å². The van der Waals surface area contributed by atoms with Crippen molar-refractivity contribution in [3.63, 3.8) is 0 Å². The van der Waals surface area contributed by atoms with Crippen molar-refractivity contribution >= 4 is 33.1 Å². The quantitative estimate of drug-likeness (QED) is 0.684. The summed E-state index contributed by atoms with van der Waals surface area (Å²) in [6.07, 6.45) is -0.278. The van der Waals surface area contributed by atoms with E-state index in [0.717, 1.165) is 22.5 Å². The number of hydrogen-bond acceptors (Lipinski definition) is 4. The molecule has 0 aromatic carbocycles. The lowest BCUT2D eigenvalue weighted by Gasteiger charge is -2.34. The molecule has 0 saturated carbocycles. The Morgan fingerprint density at radius 2 is 2.12 bits per heavy atom. The van der Waals surface area contributed by atoms with Crippen LogP contribution in [0.1, 0.15) is 46.4 Å². The summed E-state index contributed by atoms with van der Waals surface area (Å²) >= 11 is 3.49. The van der Waals surface area contributed by atoms with E-state index in [1.807, 2.05) is 33.8 Å². The number of nitrogens with zero attached hydrogens (tertiary/aromatic N) is 3. The average molecular weight is 410 g/mol. The number of aromatic nitrogens is 2. The van der Waals surface area contributed by atoms with Crippen LogP contribution in [0, 0.1) is 0 Å². The molecular weight excluding hydrogens is 386 g/mol. The number of amides is 1. The first-order valence-electron chi connectivity index (χ1n) is 8.50. The summed E-state index contributed by atoms with van der Waals surface area (Å²) in [4.78, 5) is 18.8. The highest BCUT2D eigenvalue weighted by Crippen LogP contribution is 2.34. The minimum Gasteiger partial charge on any atom is -0.491 e. The first-order chi connectivity index (χ1) is 11.7. The molecule has 136 valence electrons. The van der Waals surface area contributed by atoms with Crippen molar-refractivity contribution in [3.8, 4) is 5.75 Å². The first-order valence-corrected chi connectivity index (χ1v) is 9.30. The molecule has 2 aromatic rings. The van der Waals surface area contributed by atoms with Crippen LogP contribution in [-0.2, 0) is 11.3 Å². The third-order valence-electron chi connectivity index (χ3n) is 4.04. The third kappa shape index (κ3) is 3.61. The molecule has 3 rings (SSSR count). The molecule has 1 unspecified atom stereocenters. The molecule has 6 nitrogen and oxygen atoms in total. The van der Waals surface area contributed by atoms with Gasteiger partial charge in [0.2, 0.25) is 0 Å². The topological polar surface area (TPSA) is 56.6 Å². The lowest BCUT2D eigenvalue weighted by Crippen LogP contribution is -2.42. The van der Waals surface area contributed by atoms with Crippen LogP contribution in [0.4, 0.5) is 4.79 Å². The number of pyridine rings is 1. The molecule has 7 heteroatoms. The molecule has 0 saturated heterocycles. The normalized spacial score (nSPS) is 17.5. The van der Waals surface area contributed by atoms with Crippen molar-refractivity contribution in [3.05, 3.63) is 22.4 Å². The van der Waals surface area contributed by atoms with Gasteiger partial charge in [-0.05, 0) is 62.7 Å². The Hall–Kier alpha value is -1.76. The molecule has 1 amide bonds. The predicted octanol–water partition coefficient (Wildman–Crippen LogP) is 4.51. The second-order valence-corrected chi connectivity index (χ2v) is 8.09. The largest absolute Gasteiger partial charge is 0.491 e. The molecule has 0 N–H and O–H groups in total. The maximum Gasteiger partial charge on any atom is 0.410 e. The van der Waals surface area contributed by atoms with Gasteiger partial charge < -0.3 is 18.9 Å². The number of ether oxygens (including phenoxy) is 2. The zero-order valence-corrected chi connectivity index (χ0v) is 16.9. The molecule has 25 heavy (non-hydrogen) atoms. The fourth-order valence-corrected chi connectivity index (χ4v) is 3.56. The lowest BCUT2D eigenvalue weighted by molar-refractivity contribution is 0.0175. The van der Waals surface area contributed by atoms with Crippen LogP contribution in [0.25, 0.3) is 11.0 Å². The van der Waals surface area contributed by atoms with E-state index in [1.54, 1.807) is 4.90 Å². The monoisotopic (exact) mass is 409 g/mol. The van der Waals surface area contributed by atoms with E-state index in [4.69, 9.17) is 9.47 Å². The van der Waals surface area contributed by atoms with Crippen LogP contribution in [0.15, 0.2) is 16.7 Å². The summed E-state index contributed by atoms with van der Waals surface area (Å²) in [5, 5.41) is 1.01. The minimum atomic E-state index is -0.497. The number of rotatable bonds is 2. The van der Waals surface area contributed by atoms with Crippen molar-refractivity contribution < 1.29 is 14.3 Å². The number of carbonyl (C=O) groups excluding carboxylic acids is 1. The first kappa shape index (κ1) is 18.0. The highest BCUT2D eigenvalue weighted by atomic mass is 79.9. The lowest BCUT2D eigenvalue weighted by atomic mass is 10.2. The zero-order valence-electron chi connectivity index (χ0n) is 15.3. The van der Waals surface area contributed by atoms with Crippen molar-refractivity contribution in [2.24, 2.45) is 0 Å². The molecule has 1 aliphatic heterocycles. The summed E-state index contributed by atoms with van der Waals surface area (Å²) in [7, 11) is 0. The summed E-state index contributed by atoms with van der Waals surface area (Å²) in [5.74, 6) is 0.731. The van der Waals surface area contributed by atoms with Gasteiger partial charge in [0.1, 0.15) is 15.9 Å². The number of hydrogen-bond donors (Lipinski definition) is 0. The summed E-state index contributed by atoms with van der Waals surface area (Å²) < 4.78 is 14.0. The number of halogens is 1. The van der Waals surface area contributed by atoms with E-state index in [-0.39, 0.29) is 12.1 Å². The fraction of sp³-hybridized carbons (Fsp3) is 0.556. The zero-order chi connectivity index (χ0) is 18.4. The van der Waals surface area contributed by atoms with Gasteiger partial charge in [-0.1, -0.05) is 0 Å². The predicted molar refractivity (Wildman–Crippen MR) is 100.0 cm³/mol. The SMILES string of the molecule is CCOc1cc2cc3n(c2nc1Br)C(C)CN(C(=O)OC(C)(C)C)C3. The van der Waals surface area contributed by atoms with E-state index in [1.165, 1.54) is 0 Å². The second kappa shape index (κ2) is 6.52. The maximum atomic E-state index is 12.4.